The molecule has 2 N–H and O–H groups in total. The third-order valence-electron chi connectivity index (χ3n) is 2.65. The van der Waals surface area contributed by atoms with E-state index in [-0.39, 0.29) is 5.97 Å². The molecule has 0 amide bonds. The van der Waals surface area contributed by atoms with E-state index >= 15 is 0 Å². The molecular weight excluding hydrogens is 232 g/mol. The fraction of sp³-hybridized carbons (Fsp3) is 0.538. The third-order valence-corrected chi connectivity index (χ3v) is 2.65. The van der Waals surface area contributed by atoms with Gasteiger partial charge in [0.25, 0.3) is 0 Å². The molecule has 1 aliphatic carbocycles. The molecular formula is C13H20N2O3. The van der Waals surface area contributed by atoms with Crippen molar-refractivity contribution in [1.82, 2.24) is 5.32 Å². The van der Waals surface area contributed by atoms with Crippen molar-refractivity contribution in [2.45, 2.75) is 32.6 Å². The van der Waals surface area contributed by atoms with Gasteiger partial charge in [0.1, 0.15) is 5.76 Å². The van der Waals surface area contributed by atoms with Gasteiger partial charge in [0.2, 0.25) is 0 Å². The van der Waals surface area contributed by atoms with Gasteiger partial charge in [0, 0.05) is 18.4 Å². The van der Waals surface area contributed by atoms with Crippen LogP contribution in [0.2, 0.25) is 0 Å². The highest BCUT2D eigenvalue weighted by Gasteiger charge is 2.18. The first-order valence-electron chi connectivity index (χ1n) is 6.19. The van der Waals surface area contributed by atoms with Crippen LogP contribution in [0.3, 0.4) is 0 Å². The quantitative estimate of drug-likeness (QED) is 0.431. The highest BCUT2D eigenvalue weighted by atomic mass is 16.5. The van der Waals surface area contributed by atoms with Crippen molar-refractivity contribution >= 4 is 11.7 Å². The standard InChI is InChI=1S/C13H20N2O3/c1-3-5-13(16)18-12-7-4-6-11(15-17)10(12)8-9-14-2/h4,7,14,17H,3,5-6,8-9H2,1-2H3. The van der Waals surface area contributed by atoms with Crippen LogP contribution in [0, 0.1) is 0 Å². The van der Waals surface area contributed by atoms with Gasteiger partial charge in [-0.1, -0.05) is 18.2 Å². The van der Waals surface area contributed by atoms with Gasteiger partial charge < -0.3 is 15.3 Å². The minimum absolute atomic E-state index is 0.252. The molecule has 0 saturated carbocycles. The molecule has 0 aromatic heterocycles. The fourth-order valence-electron chi connectivity index (χ4n) is 1.74. The zero-order valence-electron chi connectivity index (χ0n) is 10.9. The van der Waals surface area contributed by atoms with Crippen LogP contribution >= 0.6 is 0 Å². The molecule has 0 fully saturated rings. The lowest BCUT2D eigenvalue weighted by atomic mass is 9.98. The average Bonchev–Trinajstić information content (AvgIpc) is 2.37. The molecule has 0 spiro atoms. The summed E-state index contributed by atoms with van der Waals surface area (Å²) in [6.45, 7) is 2.66. The number of oxime groups is 1. The van der Waals surface area contributed by atoms with Crippen molar-refractivity contribution in [1.29, 1.82) is 0 Å². The Morgan fingerprint density at radius 1 is 1.61 bits per heavy atom. The molecule has 100 valence electrons. The summed E-state index contributed by atoms with van der Waals surface area (Å²) in [4.78, 5) is 11.5. The predicted molar refractivity (Wildman–Crippen MR) is 69.5 cm³/mol. The number of hydrogen-bond donors (Lipinski definition) is 2. The molecule has 1 rings (SSSR count). The SMILES string of the molecule is CCCC(=O)OC1=C(CCNC)C(=NO)CC=C1. The van der Waals surface area contributed by atoms with Gasteiger partial charge in [-0.05, 0) is 32.5 Å². The topological polar surface area (TPSA) is 70.9 Å². The van der Waals surface area contributed by atoms with Crippen molar-refractivity contribution in [2.75, 3.05) is 13.6 Å². The molecule has 0 radical (unpaired) electrons. The number of carbonyl (C=O) groups excluding carboxylic acids is 1. The largest absolute Gasteiger partial charge is 0.426 e. The summed E-state index contributed by atoms with van der Waals surface area (Å²) >= 11 is 0. The smallest absolute Gasteiger partial charge is 0.311 e. The van der Waals surface area contributed by atoms with E-state index in [0.717, 1.165) is 18.5 Å². The number of nitrogens with one attached hydrogen (secondary N) is 1. The Morgan fingerprint density at radius 3 is 3.00 bits per heavy atom. The van der Waals surface area contributed by atoms with Crippen LogP contribution in [0.5, 0.6) is 0 Å². The molecule has 0 saturated heterocycles. The first-order chi connectivity index (χ1) is 8.72. The lowest BCUT2D eigenvalue weighted by Crippen LogP contribution is -2.17. The highest BCUT2D eigenvalue weighted by molar-refractivity contribution is 6.02. The Bertz CT molecular complexity index is 384. The van der Waals surface area contributed by atoms with E-state index in [4.69, 9.17) is 9.94 Å². The normalized spacial score (nSPS) is 17.3. The minimum atomic E-state index is -0.252. The summed E-state index contributed by atoms with van der Waals surface area (Å²) in [6, 6.07) is 0. The monoisotopic (exact) mass is 252 g/mol. The van der Waals surface area contributed by atoms with Crippen LogP contribution in [-0.4, -0.2) is 30.5 Å². The van der Waals surface area contributed by atoms with Crippen LogP contribution in [0.25, 0.3) is 0 Å². The van der Waals surface area contributed by atoms with E-state index in [9.17, 15) is 4.79 Å². The molecule has 5 heteroatoms. The Labute approximate surface area is 107 Å². The molecule has 0 unspecified atom stereocenters. The van der Waals surface area contributed by atoms with Gasteiger partial charge >= 0.3 is 5.97 Å². The first kappa shape index (κ1) is 14.4. The molecule has 5 nitrogen and oxygen atoms in total. The summed E-state index contributed by atoms with van der Waals surface area (Å²) < 4.78 is 5.31. The van der Waals surface area contributed by atoms with Crippen LogP contribution in [0.4, 0.5) is 0 Å². The molecule has 0 aliphatic heterocycles. The van der Waals surface area contributed by atoms with Crippen molar-refractivity contribution in [3.63, 3.8) is 0 Å². The Balaban J connectivity index is 2.87. The van der Waals surface area contributed by atoms with E-state index in [1.807, 2.05) is 20.0 Å². The molecule has 18 heavy (non-hydrogen) atoms. The summed E-state index contributed by atoms with van der Waals surface area (Å²) in [6.07, 6.45) is 5.96. The maximum Gasteiger partial charge on any atom is 0.311 e. The first-order valence-corrected chi connectivity index (χ1v) is 6.19. The van der Waals surface area contributed by atoms with Gasteiger partial charge in [-0.25, -0.2) is 0 Å². The number of esters is 1. The Kier molecular flexibility index (Phi) is 6.14. The van der Waals surface area contributed by atoms with E-state index in [0.29, 0.717) is 30.7 Å². The fourth-order valence-corrected chi connectivity index (χ4v) is 1.74. The predicted octanol–water partition coefficient (Wildman–Crippen LogP) is 1.98. The summed E-state index contributed by atoms with van der Waals surface area (Å²) in [5, 5.41) is 15.3. The summed E-state index contributed by atoms with van der Waals surface area (Å²) in [7, 11) is 1.84. The van der Waals surface area contributed by atoms with Crippen molar-refractivity contribution < 1.29 is 14.7 Å². The lowest BCUT2D eigenvalue weighted by molar-refractivity contribution is -0.139. The molecule has 1 aliphatic rings. The third kappa shape index (κ3) is 4.00. The molecule has 0 bridgehead atoms. The maximum atomic E-state index is 11.5. The lowest BCUT2D eigenvalue weighted by Gasteiger charge is -2.16. The van der Waals surface area contributed by atoms with Gasteiger partial charge in [0.05, 0.1) is 5.71 Å². The second-order valence-electron chi connectivity index (χ2n) is 4.07. The number of nitrogens with zero attached hydrogens (tertiary/aromatic N) is 1. The zero-order valence-corrected chi connectivity index (χ0v) is 10.9. The van der Waals surface area contributed by atoms with E-state index in [1.54, 1.807) is 6.08 Å². The van der Waals surface area contributed by atoms with E-state index < -0.39 is 0 Å². The Hall–Kier alpha value is -1.62. The second-order valence-corrected chi connectivity index (χ2v) is 4.07. The second kappa shape index (κ2) is 7.66. The van der Waals surface area contributed by atoms with Crippen molar-refractivity contribution in [3.8, 4) is 0 Å². The van der Waals surface area contributed by atoms with Crippen molar-refractivity contribution in [2.24, 2.45) is 5.16 Å². The zero-order chi connectivity index (χ0) is 13.4. The van der Waals surface area contributed by atoms with Gasteiger partial charge in [-0.3, -0.25) is 4.79 Å². The van der Waals surface area contributed by atoms with Gasteiger partial charge in [-0.2, -0.15) is 0 Å². The number of rotatable bonds is 6. The van der Waals surface area contributed by atoms with Gasteiger partial charge in [-0.15, -0.1) is 0 Å². The minimum Gasteiger partial charge on any atom is -0.426 e. The summed E-state index contributed by atoms with van der Waals surface area (Å²) in [5.41, 5.74) is 1.35. The van der Waals surface area contributed by atoms with Crippen LogP contribution < -0.4 is 5.32 Å². The van der Waals surface area contributed by atoms with Crippen LogP contribution in [-0.2, 0) is 9.53 Å². The molecule has 0 atom stereocenters. The number of allylic oxidation sites excluding steroid dienone is 2. The number of carbonyl (C=O) groups is 1. The van der Waals surface area contributed by atoms with Crippen LogP contribution in [0.1, 0.15) is 32.6 Å². The summed E-state index contributed by atoms with van der Waals surface area (Å²) in [5.74, 6) is 0.251. The number of ether oxygens (including phenoxy) is 1. The number of hydrogen-bond acceptors (Lipinski definition) is 5. The maximum absolute atomic E-state index is 11.5. The van der Waals surface area contributed by atoms with E-state index in [2.05, 4.69) is 10.5 Å². The van der Waals surface area contributed by atoms with Crippen LogP contribution in [0.15, 0.2) is 28.6 Å². The molecule has 0 aromatic carbocycles. The average molecular weight is 252 g/mol. The van der Waals surface area contributed by atoms with Crippen molar-refractivity contribution in [3.05, 3.63) is 23.5 Å². The molecule has 0 heterocycles. The Morgan fingerprint density at radius 2 is 2.39 bits per heavy atom. The van der Waals surface area contributed by atoms with E-state index in [1.165, 1.54) is 0 Å². The van der Waals surface area contributed by atoms with Gasteiger partial charge in [0.15, 0.2) is 0 Å². The highest BCUT2D eigenvalue weighted by Crippen LogP contribution is 2.21. The molecule has 0 aromatic rings.